The van der Waals surface area contributed by atoms with Crippen molar-refractivity contribution in [3.63, 3.8) is 0 Å². The Hall–Kier alpha value is -0.160. The first-order chi connectivity index (χ1) is 10.2. The van der Waals surface area contributed by atoms with Gasteiger partial charge in [-0.1, -0.05) is 20.8 Å². The summed E-state index contributed by atoms with van der Waals surface area (Å²) >= 11 is 0. The average molecular weight is 298 g/mol. The van der Waals surface area contributed by atoms with Gasteiger partial charge in [0.25, 0.3) is 0 Å². The Labute approximate surface area is 130 Å². The SMILES string of the molecule is CCCNC1CCC2(CC1N(C)C(CC)CC)OCCO2. The lowest BCUT2D eigenvalue weighted by Gasteiger charge is -2.47. The molecule has 1 aliphatic heterocycles. The van der Waals surface area contributed by atoms with Crippen LogP contribution in [0.1, 0.15) is 59.3 Å². The van der Waals surface area contributed by atoms with E-state index in [9.17, 15) is 0 Å². The lowest BCUT2D eigenvalue weighted by Crippen LogP contribution is -2.58. The maximum absolute atomic E-state index is 5.98. The number of rotatable bonds is 7. The van der Waals surface area contributed by atoms with E-state index in [1.165, 1.54) is 19.3 Å². The summed E-state index contributed by atoms with van der Waals surface area (Å²) in [4.78, 5) is 2.58. The topological polar surface area (TPSA) is 33.7 Å². The molecule has 1 saturated carbocycles. The lowest BCUT2D eigenvalue weighted by molar-refractivity contribution is -0.194. The molecule has 2 aliphatic rings. The standard InChI is InChI=1S/C17H34N2O2/c1-5-10-18-15-8-9-17(20-11-12-21-17)13-16(15)19(4)14(6-2)7-3/h14-16,18H,5-13H2,1-4H3. The van der Waals surface area contributed by atoms with Gasteiger partial charge in [0, 0.05) is 31.0 Å². The molecule has 21 heavy (non-hydrogen) atoms. The van der Waals surface area contributed by atoms with Crippen LogP contribution in [0.15, 0.2) is 0 Å². The van der Waals surface area contributed by atoms with Crippen molar-refractivity contribution in [2.75, 3.05) is 26.8 Å². The second-order valence-electron chi connectivity index (χ2n) is 6.61. The number of likely N-dealkylation sites (N-methyl/N-ethyl adjacent to an activating group) is 1. The van der Waals surface area contributed by atoms with Gasteiger partial charge in [0.2, 0.25) is 0 Å². The van der Waals surface area contributed by atoms with Gasteiger partial charge in [-0.15, -0.1) is 0 Å². The Bertz CT molecular complexity index is 301. The molecule has 1 N–H and O–H groups in total. The Morgan fingerprint density at radius 1 is 1.19 bits per heavy atom. The minimum absolute atomic E-state index is 0.296. The van der Waals surface area contributed by atoms with E-state index in [0.29, 0.717) is 18.1 Å². The van der Waals surface area contributed by atoms with Gasteiger partial charge in [-0.3, -0.25) is 4.90 Å². The average Bonchev–Trinajstić information content (AvgIpc) is 2.95. The molecule has 124 valence electrons. The van der Waals surface area contributed by atoms with Crippen molar-refractivity contribution in [3.05, 3.63) is 0 Å². The van der Waals surface area contributed by atoms with Crippen molar-refractivity contribution in [3.8, 4) is 0 Å². The zero-order valence-corrected chi connectivity index (χ0v) is 14.4. The van der Waals surface area contributed by atoms with Crippen molar-refractivity contribution in [1.29, 1.82) is 0 Å². The van der Waals surface area contributed by atoms with Gasteiger partial charge in [-0.05, 0) is 39.3 Å². The highest BCUT2D eigenvalue weighted by Gasteiger charge is 2.46. The highest BCUT2D eigenvalue weighted by Crippen LogP contribution is 2.38. The normalized spacial score (nSPS) is 28.9. The Balaban J connectivity index is 2.07. The van der Waals surface area contributed by atoms with E-state index in [1.54, 1.807) is 0 Å². The molecule has 4 nitrogen and oxygen atoms in total. The molecule has 1 aliphatic carbocycles. The summed E-state index contributed by atoms with van der Waals surface area (Å²) in [6, 6.07) is 1.72. The zero-order chi connectivity index (χ0) is 15.3. The van der Waals surface area contributed by atoms with E-state index in [2.05, 4.69) is 38.0 Å². The predicted molar refractivity (Wildman–Crippen MR) is 86.5 cm³/mol. The summed E-state index contributed by atoms with van der Waals surface area (Å²) in [5.41, 5.74) is 0. The quantitative estimate of drug-likeness (QED) is 0.783. The van der Waals surface area contributed by atoms with Crippen molar-refractivity contribution in [1.82, 2.24) is 10.2 Å². The third-order valence-electron chi connectivity index (χ3n) is 5.33. The number of hydrogen-bond donors (Lipinski definition) is 1. The van der Waals surface area contributed by atoms with Gasteiger partial charge >= 0.3 is 0 Å². The van der Waals surface area contributed by atoms with E-state index in [-0.39, 0.29) is 5.79 Å². The number of hydrogen-bond acceptors (Lipinski definition) is 4. The van der Waals surface area contributed by atoms with Crippen LogP contribution in [0.25, 0.3) is 0 Å². The summed E-state index contributed by atoms with van der Waals surface area (Å²) in [6.07, 6.45) is 6.78. The summed E-state index contributed by atoms with van der Waals surface area (Å²) in [5, 5.41) is 3.76. The monoisotopic (exact) mass is 298 g/mol. The lowest BCUT2D eigenvalue weighted by atomic mass is 9.83. The van der Waals surface area contributed by atoms with E-state index < -0.39 is 0 Å². The molecule has 2 rings (SSSR count). The maximum Gasteiger partial charge on any atom is 0.170 e. The Morgan fingerprint density at radius 3 is 2.43 bits per heavy atom. The molecule has 1 spiro atoms. The molecular formula is C17H34N2O2. The van der Waals surface area contributed by atoms with Crippen LogP contribution in [-0.2, 0) is 9.47 Å². The highest BCUT2D eigenvalue weighted by molar-refractivity contribution is 4.97. The highest BCUT2D eigenvalue weighted by atomic mass is 16.7. The zero-order valence-electron chi connectivity index (χ0n) is 14.4. The second-order valence-corrected chi connectivity index (χ2v) is 6.61. The van der Waals surface area contributed by atoms with E-state index >= 15 is 0 Å². The van der Waals surface area contributed by atoms with Gasteiger partial charge in [0.1, 0.15) is 0 Å². The molecule has 0 radical (unpaired) electrons. The largest absolute Gasteiger partial charge is 0.347 e. The van der Waals surface area contributed by atoms with Gasteiger partial charge < -0.3 is 14.8 Å². The maximum atomic E-state index is 5.98. The van der Waals surface area contributed by atoms with Gasteiger partial charge in [-0.25, -0.2) is 0 Å². The molecule has 0 aromatic carbocycles. The summed E-state index contributed by atoms with van der Waals surface area (Å²) in [6.45, 7) is 9.44. The van der Waals surface area contributed by atoms with E-state index in [0.717, 1.165) is 39.0 Å². The smallest absolute Gasteiger partial charge is 0.170 e. The van der Waals surface area contributed by atoms with Crippen LogP contribution in [0.5, 0.6) is 0 Å². The Kier molecular flexibility index (Phi) is 6.48. The molecule has 0 aromatic rings. The van der Waals surface area contributed by atoms with Crippen molar-refractivity contribution < 1.29 is 9.47 Å². The molecule has 2 unspecified atom stereocenters. The van der Waals surface area contributed by atoms with Crippen LogP contribution in [0.4, 0.5) is 0 Å². The molecule has 0 amide bonds. The van der Waals surface area contributed by atoms with Crippen LogP contribution < -0.4 is 5.32 Å². The van der Waals surface area contributed by atoms with Crippen LogP contribution in [0.2, 0.25) is 0 Å². The van der Waals surface area contributed by atoms with Gasteiger partial charge in [-0.2, -0.15) is 0 Å². The van der Waals surface area contributed by atoms with Gasteiger partial charge in [0.05, 0.1) is 13.2 Å². The summed E-state index contributed by atoms with van der Waals surface area (Å²) < 4.78 is 12.0. The summed E-state index contributed by atoms with van der Waals surface area (Å²) in [7, 11) is 2.29. The second kappa shape index (κ2) is 7.91. The fourth-order valence-electron chi connectivity index (χ4n) is 4.02. The molecular weight excluding hydrogens is 264 g/mol. The fourth-order valence-corrected chi connectivity index (χ4v) is 4.02. The van der Waals surface area contributed by atoms with Crippen LogP contribution >= 0.6 is 0 Å². The molecule has 1 heterocycles. The van der Waals surface area contributed by atoms with Crippen LogP contribution in [0, 0.1) is 0 Å². The minimum atomic E-state index is -0.296. The van der Waals surface area contributed by atoms with Crippen molar-refractivity contribution >= 4 is 0 Å². The number of nitrogens with one attached hydrogen (secondary N) is 1. The van der Waals surface area contributed by atoms with Crippen LogP contribution in [-0.4, -0.2) is 55.6 Å². The first kappa shape index (κ1) is 17.2. The van der Waals surface area contributed by atoms with Crippen molar-refractivity contribution in [2.24, 2.45) is 0 Å². The first-order valence-corrected chi connectivity index (χ1v) is 8.89. The predicted octanol–water partition coefficient (Wildman–Crippen LogP) is 2.77. The summed E-state index contributed by atoms with van der Waals surface area (Å²) in [5.74, 6) is -0.296. The Morgan fingerprint density at radius 2 is 1.86 bits per heavy atom. The van der Waals surface area contributed by atoms with Gasteiger partial charge in [0.15, 0.2) is 5.79 Å². The van der Waals surface area contributed by atoms with Crippen molar-refractivity contribution in [2.45, 2.75) is 83.2 Å². The van der Waals surface area contributed by atoms with E-state index in [1.807, 2.05) is 0 Å². The third kappa shape index (κ3) is 3.98. The first-order valence-electron chi connectivity index (χ1n) is 8.89. The fraction of sp³-hybridized carbons (Fsp3) is 1.00. The van der Waals surface area contributed by atoms with E-state index in [4.69, 9.17) is 9.47 Å². The van der Waals surface area contributed by atoms with Crippen LogP contribution in [0.3, 0.4) is 0 Å². The molecule has 0 aromatic heterocycles. The molecule has 0 bridgehead atoms. The number of nitrogens with zero attached hydrogens (tertiary/aromatic N) is 1. The number of ether oxygens (including phenoxy) is 2. The third-order valence-corrected chi connectivity index (χ3v) is 5.33. The molecule has 2 atom stereocenters. The minimum Gasteiger partial charge on any atom is -0.347 e. The molecule has 2 fully saturated rings. The molecule has 4 heteroatoms. The molecule has 1 saturated heterocycles.